The predicted octanol–water partition coefficient (Wildman–Crippen LogP) is 2.69. The monoisotopic (exact) mass is 369 g/mol. The van der Waals surface area contributed by atoms with Crippen molar-refractivity contribution >= 4 is 23.6 Å². The normalized spacial score (nSPS) is 10.2. The standard InChI is InChI=1S/C20H23N3O4/c1-14(2)22-20(26)23-17-10-6-9-16(11-17)19(25)21-12-18(24)27-13-15-7-4-3-5-8-15/h3-11,14H,12-13H2,1-2H3,(H,21,25)(H2,22,23,26). The Kier molecular flexibility index (Phi) is 7.37. The lowest BCUT2D eigenvalue weighted by atomic mass is 10.2. The van der Waals surface area contributed by atoms with Gasteiger partial charge in [0.15, 0.2) is 0 Å². The molecule has 2 aromatic rings. The molecule has 3 amide bonds. The van der Waals surface area contributed by atoms with Gasteiger partial charge in [0.1, 0.15) is 13.2 Å². The zero-order chi connectivity index (χ0) is 19.6. The molecule has 0 saturated heterocycles. The molecule has 0 aromatic heterocycles. The molecule has 2 rings (SSSR count). The smallest absolute Gasteiger partial charge is 0.325 e. The van der Waals surface area contributed by atoms with E-state index in [9.17, 15) is 14.4 Å². The highest BCUT2D eigenvalue weighted by Gasteiger charge is 2.11. The summed E-state index contributed by atoms with van der Waals surface area (Å²) >= 11 is 0. The van der Waals surface area contributed by atoms with Gasteiger partial charge in [-0.25, -0.2) is 4.79 Å². The Hall–Kier alpha value is -3.35. The number of hydrogen-bond acceptors (Lipinski definition) is 4. The first-order valence-corrected chi connectivity index (χ1v) is 8.59. The summed E-state index contributed by atoms with van der Waals surface area (Å²) in [6.45, 7) is 3.61. The van der Waals surface area contributed by atoms with Crippen LogP contribution in [0.3, 0.4) is 0 Å². The van der Waals surface area contributed by atoms with Crippen LogP contribution in [0.5, 0.6) is 0 Å². The van der Waals surface area contributed by atoms with E-state index in [2.05, 4.69) is 16.0 Å². The lowest BCUT2D eigenvalue weighted by Crippen LogP contribution is -2.34. The highest BCUT2D eigenvalue weighted by Crippen LogP contribution is 2.10. The van der Waals surface area contributed by atoms with Crippen LogP contribution in [0, 0.1) is 0 Å². The Balaban J connectivity index is 1.82. The van der Waals surface area contributed by atoms with Crippen molar-refractivity contribution in [1.82, 2.24) is 10.6 Å². The van der Waals surface area contributed by atoms with Crippen molar-refractivity contribution in [3.63, 3.8) is 0 Å². The summed E-state index contributed by atoms with van der Waals surface area (Å²) in [7, 11) is 0. The van der Waals surface area contributed by atoms with E-state index in [4.69, 9.17) is 4.74 Å². The SMILES string of the molecule is CC(C)NC(=O)Nc1cccc(C(=O)NCC(=O)OCc2ccccc2)c1. The number of amides is 3. The molecule has 142 valence electrons. The fourth-order valence-electron chi connectivity index (χ4n) is 2.21. The second kappa shape index (κ2) is 9.96. The minimum atomic E-state index is -0.530. The third kappa shape index (κ3) is 7.19. The van der Waals surface area contributed by atoms with E-state index < -0.39 is 11.9 Å². The summed E-state index contributed by atoms with van der Waals surface area (Å²) in [4.78, 5) is 35.7. The van der Waals surface area contributed by atoms with Crippen LogP contribution in [0.4, 0.5) is 10.5 Å². The van der Waals surface area contributed by atoms with Crippen LogP contribution in [0.1, 0.15) is 29.8 Å². The second-order valence-electron chi connectivity index (χ2n) is 6.16. The van der Waals surface area contributed by atoms with Gasteiger partial charge in [-0.15, -0.1) is 0 Å². The minimum Gasteiger partial charge on any atom is -0.460 e. The van der Waals surface area contributed by atoms with Crippen molar-refractivity contribution < 1.29 is 19.1 Å². The number of rotatable bonds is 7. The van der Waals surface area contributed by atoms with E-state index in [0.29, 0.717) is 11.3 Å². The van der Waals surface area contributed by atoms with Crippen LogP contribution in [0.2, 0.25) is 0 Å². The van der Waals surface area contributed by atoms with E-state index in [1.807, 2.05) is 44.2 Å². The van der Waals surface area contributed by atoms with Crippen molar-refractivity contribution in [2.45, 2.75) is 26.5 Å². The molecule has 2 aromatic carbocycles. The first-order chi connectivity index (χ1) is 12.9. The van der Waals surface area contributed by atoms with Gasteiger partial charge in [-0.3, -0.25) is 9.59 Å². The van der Waals surface area contributed by atoms with Gasteiger partial charge in [-0.2, -0.15) is 0 Å². The maximum Gasteiger partial charge on any atom is 0.325 e. The van der Waals surface area contributed by atoms with Crippen molar-refractivity contribution in [1.29, 1.82) is 0 Å². The molecule has 0 unspecified atom stereocenters. The van der Waals surface area contributed by atoms with Crippen LogP contribution in [0.25, 0.3) is 0 Å². The van der Waals surface area contributed by atoms with Gasteiger partial charge in [0.25, 0.3) is 5.91 Å². The number of nitrogens with one attached hydrogen (secondary N) is 3. The average molecular weight is 369 g/mol. The third-order valence-corrected chi connectivity index (χ3v) is 3.44. The van der Waals surface area contributed by atoms with E-state index in [1.165, 1.54) is 6.07 Å². The Labute approximate surface area is 158 Å². The molecule has 0 saturated carbocycles. The Morgan fingerprint density at radius 2 is 1.74 bits per heavy atom. The first-order valence-electron chi connectivity index (χ1n) is 8.59. The van der Waals surface area contributed by atoms with Gasteiger partial charge in [-0.1, -0.05) is 36.4 Å². The summed E-state index contributed by atoms with van der Waals surface area (Å²) < 4.78 is 5.11. The Morgan fingerprint density at radius 3 is 2.44 bits per heavy atom. The average Bonchev–Trinajstić information content (AvgIpc) is 2.64. The van der Waals surface area contributed by atoms with Gasteiger partial charge in [0, 0.05) is 17.3 Å². The van der Waals surface area contributed by atoms with Gasteiger partial charge in [0.2, 0.25) is 0 Å². The molecule has 0 spiro atoms. The largest absolute Gasteiger partial charge is 0.460 e. The molecule has 7 heteroatoms. The number of urea groups is 1. The molecule has 3 N–H and O–H groups in total. The van der Waals surface area contributed by atoms with E-state index >= 15 is 0 Å². The molecule has 0 bridgehead atoms. The van der Waals surface area contributed by atoms with Crippen molar-refractivity contribution in [2.75, 3.05) is 11.9 Å². The fourth-order valence-corrected chi connectivity index (χ4v) is 2.21. The van der Waals surface area contributed by atoms with Crippen molar-refractivity contribution in [2.24, 2.45) is 0 Å². The highest BCUT2D eigenvalue weighted by molar-refractivity contribution is 5.98. The first kappa shape index (κ1) is 20.0. The van der Waals surface area contributed by atoms with Crippen LogP contribution in [0.15, 0.2) is 54.6 Å². The molecule has 0 aliphatic rings. The molecule has 0 atom stereocenters. The predicted molar refractivity (Wildman–Crippen MR) is 102 cm³/mol. The maximum atomic E-state index is 12.2. The van der Waals surface area contributed by atoms with Crippen LogP contribution >= 0.6 is 0 Å². The summed E-state index contributed by atoms with van der Waals surface area (Å²) in [5.74, 6) is -0.961. The topological polar surface area (TPSA) is 96.5 Å². The summed E-state index contributed by atoms with van der Waals surface area (Å²) in [5.41, 5.74) is 1.68. The van der Waals surface area contributed by atoms with E-state index in [-0.39, 0.29) is 25.2 Å². The number of anilines is 1. The molecule has 27 heavy (non-hydrogen) atoms. The van der Waals surface area contributed by atoms with Crippen molar-refractivity contribution in [3.05, 3.63) is 65.7 Å². The van der Waals surface area contributed by atoms with Crippen LogP contribution in [-0.2, 0) is 16.1 Å². The number of esters is 1. The van der Waals surface area contributed by atoms with Crippen LogP contribution in [-0.4, -0.2) is 30.5 Å². The summed E-state index contributed by atoms with van der Waals surface area (Å²) in [5, 5.41) is 7.85. The minimum absolute atomic E-state index is 0.00150. The lowest BCUT2D eigenvalue weighted by molar-refractivity contribution is -0.143. The van der Waals surface area contributed by atoms with E-state index in [0.717, 1.165) is 5.56 Å². The molecular weight excluding hydrogens is 346 g/mol. The van der Waals surface area contributed by atoms with Gasteiger partial charge in [-0.05, 0) is 37.6 Å². The molecule has 7 nitrogen and oxygen atoms in total. The molecule has 0 aliphatic carbocycles. The summed E-state index contributed by atoms with van der Waals surface area (Å²) in [6.07, 6.45) is 0. The number of carbonyl (C=O) groups excluding carboxylic acids is 3. The summed E-state index contributed by atoms with van der Waals surface area (Å²) in [6, 6.07) is 15.4. The van der Waals surface area contributed by atoms with E-state index in [1.54, 1.807) is 18.2 Å². The Bertz CT molecular complexity index is 791. The number of carbonyl (C=O) groups is 3. The molecule has 0 aliphatic heterocycles. The number of ether oxygens (including phenoxy) is 1. The molecular formula is C20H23N3O4. The van der Waals surface area contributed by atoms with Gasteiger partial charge >= 0.3 is 12.0 Å². The maximum absolute atomic E-state index is 12.2. The lowest BCUT2D eigenvalue weighted by Gasteiger charge is -2.11. The van der Waals surface area contributed by atoms with Gasteiger partial charge < -0.3 is 20.7 Å². The van der Waals surface area contributed by atoms with Crippen LogP contribution < -0.4 is 16.0 Å². The zero-order valence-electron chi connectivity index (χ0n) is 15.3. The molecule has 0 radical (unpaired) electrons. The number of hydrogen-bond donors (Lipinski definition) is 3. The zero-order valence-corrected chi connectivity index (χ0v) is 15.3. The molecule has 0 heterocycles. The fraction of sp³-hybridized carbons (Fsp3) is 0.250. The second-order valence-corrected chi connectivity index (χ2v) is 6.16. The van der Waals surface area contributed by atoms with Gasteiger partial charge in [0.05, 0.1) is 0 Å². The highest BCUT2D eigenvalue weighted by atomic mass is 16.5. The number of benzene rings is 2. The Morgan fingerprint density at radius 1 is 1.00 bits per heavy atom. The quantitative estimate of drug-likeness (QED) is 0.654. The molecule has 0 fully saturated rings. The third-order valence-electron chi connectivity index (χ3n) is 3.44. The van der Waals surface area contributed by atoms with Crippen molar-refractivity contribution in [3.8, 4) is 0 Å².